The van der Waals surface area contributed by atoms with Crippen LogP contribution in [0.25, 0.3) is 0 Å². The van der Waals surface area contributed by atoms with E-state index in [1.807, 2.05) is 0 Å². The lowest BCUT2D eigenvalue weighted by Crippen LogP contribution is -2.30. The highest BCUT2D eigenvalue weighted by Gasteiger charge is 2.19. The molecule has 0 aromatic heterocycles. The Hall–Kier alpha value is -2.11. The minimum absolute atomic E-state index is 0.0698. The van der Waals surface area contributed by atoms with Crippen LogP contribution in [0, 0.1) is 0 Å². The van der Waals surface area contributed by atoms with Gasteiger partial charge in [-0.25, -0.2) is 0 Å². The van der Waals surface area contributed by atoms with E-state index in [4.69, 9.17) is 14.2 Å². The maximum atomic E-state index is 12.9. The van der Waals surface area contributed by atoms with E-state index in [1.54, 1.807) is 0 Å². The third-order valence-corrected chi connectivity index (χ3v) is 14.0. The molecule has 0 fully saturated rings. The molecule has 0 unspecified atom stereocenters. The van der Waals surface area contributed by atoms with Crippen molar-refractivity contribution in [3.05, 3.63) is 24.3 Å². The molecule has 0 N–H and O–H groups in total. The molecule has 0 bridgehead atoms. The van der Waals surface area contributed by atoms with Gasteiger partial charge in [0.2, 0.25) is 0 Å². The lowest BCUT2D eigenvalue weighted by molar-refractivity contribution is -0.167. The van der Waals surface area contributed by atoms with Crippen molar-refractivity contribution in [2.45, 2.75) is 348 Å². The number of hydrogen-bond acceptors (Lipinski definition) is 6. The van der Waals surface area contributed by atoms with E-state index >= 15 is 0 Å². The minimum Gasteiger partial charge on any atom is -0.462 e. The average Bonchev–Trinajstić information content (AvgIpc) is 3.35. The normalized spacial score (nSPS) is 12.1. The number of carbonyl (C=O) groups is 3. The standard InChI is InChI=1S/C63H118O6/c1-4-7-10-13-16-19-22-25-28-29-30-31-32-33-36-39-42-45-48-51-54-57-63(66)69-60(58-67-61(64)55-52-49-46-43-40-37-34-26-23-20-17-14-11-8-5-2)59-68-62(65)56-53-50-47-44-41-38-35-27-24-21-18-15-12-9-6-3/h17,20,26,34,60H,4-16,18-19,21-25,27-33,35-59H2,1-3H3/b20-17-,34-26-/t60-/m1/s1. The van der Waals surface area contributed by atoms with Crippen molar-refractivity contribution in [2.24, 2.45) is 0 Å². The van der Waals surface area contributed by atoms with Crippen LogP contribution in [-0.4, -0.2) is 37.2 Å². The summed E-state index contributed by atoms with van der Waals surface area (Å²) < 4.78 is 16.9. The van der Waals surface area contributed by atoms with Gasteiger partial charge in [0.1, 0.15) is 13.2 Å². The molecule has 0 aromatic rings. The second-order valence-electron chi connectivity index (χ2n) is 21.0. The number of rotatable bonds is 57. The first-order valence-electron chi connectivity index (χ1n) is 30.8. The predicted molar refractivity (Wildman–Crippen MR) is 298 cm³/mol. The van der Waals surface area contributed by atoms with Crippen molar-refractivity contribution in [3.8, 4) is 0 Å². The molecule has 0 aromatic carbocycles. The van der Waals surface area contributed by atoms with Gasteiger partial charge in [0.25, 0.3) is 0 Å². The molecule has 0 amide bonds. The zero-order valence-corrected chi connectivity index (χ0v) is 46.6. The fourth-order valence-electron chi connectivity index (χ4n) is 9.30. The molecule has 0 spiro atoms. The van der Waals surface area contributed by atoms with Gasteiger partial charge in [-0.3, -0.25) is 14.4 Å². The summed E-state index contributed by atoms with van der Waals surface area (Å²) in [5, 5.41) is 0. The zero-order chi connectivity index (χ0) is 50.0. The molecule has 406 valence electrons. The molecule has 0 rings (SSSR count). The van der Waals surface area contributed by atoms with Gasteiger partial charge in [-0.15, -0.1) is 0 Å². The molecule has 6 heteroatoms. The van der Waals surface area contributed by atoms with Gasteiger partial charge in [-0.05, 0) is 51.4 Å². The second-order valence-corrected chi connectivity index (χ2v) is 21.0. The van der Waals surface area contributed by atoms with Crippen LogP contribution in [0.4, 0.5) is 0 Å². The highest BCUT2D eigenvalue weighted by molar-refractivity contribution is 5.71. The lowest BCUT2D eigenvalue weighted by atomic mass is 10.0. The smallest absolute Gasteiger partial charge is 0.306 e. The second kappa shape index (κ2) is 58.5. The first kappa shape index (κ1) is 66.9. The maximum absolute atomic E-state index is 12.9. The number of esters is 3. The minimum atomic E-state index is -0.772. The van der Waals surface area contributed by atoms with Crippen LogP contribution in [0.2, 0.25) is 0 Å². The molecule has 1 atom stereocenters. The van der Waals surface area contributed by atoms with Gasteiger partial charge in [-0.1, -0.05) is 295 Å². The van der Waals surface area contributed by atoms with Crippen molar-refractivity contribution in [1.29, 1.82) is 0 Å². The first-order valence-corrected chi connectivity index (χ1v) is 30.8. The van der Waals surface area contributed by atoms with Gasteiger partial charge in [0.15, 0.2) is 6.10 Å². The number of unbranched alkanes of at least 4 members (excludes halogenated alkanes) is 42. The molecule has 0 saturated carbocycles. The molecule has 0 radical (unpaired) electrons. The summed E-state index contributed by atoms with van der Waals surface area (Å²) in [6, 6.07) is 0. The van der Waals surface area contributed by atoms with E-state index < -0.39 is 6.10 Å². The molecule has 0 aliphatic rings. The number of allylic oxidation sites excluding steroid dienone is 4. The Balaban J connectivity index is 4.30. The Morgan fingerprint density at radius 2 is 0.522 bits per heavy atom. The van der Waals surface area contributed by atoms with Crippen molar-refractivity contribution < 1.29 is 28.6 Å². The van der Waals surface area contributed by atoms with Crippen LogP contribution in [0.5, 0.6) is 0 Å². The van der Waals surface area contributed by atoms with E-state index in [-0.39, 0.29) is 31.1 Å². The third kappa shape index (κ3) is 56.7. The molecule has 0 saturated heterocycles. The highest BCUT2D eigenvalue weighted by Crippen LogP contribution is 2.18. The van der Waals surface area contributed by atoms with E-state index in [1.165, 1.54) is 225 Å². The van der Waals surface area contributed by atoms with Crippen molar-refractivity contribution in [2.75, 3.05) is 13.2 Å². The predicted octanol–water partition coefficient (Wildman–Crippen LogP) is 20.7. The highest BCUT2D eigenvalue weighted by atomic mass is 16.6. The Kier molecular flexibility index (Phi) is 56.7. The molecule has 0 aliphatic carbocycles. The summed E-state index contributed by atoms with van der Waals surface area (Å²) in [6.45, 7) is 6.67. The molecule has 0 aliphatic heterocycles. The summed E-state index contributed by atoms with van der Waals surface area (Å²) in [5.41, 5.74) is 0. The molecular weight excluding hydrogens is 853 g/mol. The van der Waals surface area contributed by atoms with E-state index in [2.05, 4.69) is 45.1 Å². The Labute approximate surface area is 430 Å². The van der Waals surface area contributed by atoms with Crippen molar-refractivity contribution in [1.82, 2.24) is 0 Å². The number of carbonyl (C=O) groups excluding carboxylic acids is 3. The topological polar surface area (TPSA) is 78.9 Å². The van der Waals surface area contributed by atoms with E-state index in [0.717, 1.165) is 77.0 Å². The summed E-state index contributed by atoms with van der Waals surface area (Å²) >= 11 is 0. The van der Waals surface area contributed by atoms with Gasteiger partial charge in [0.05, 0.1) is 0 Å². The lowest BCUT2D eigenvalue weighted by Gasteiger charge is -2.18. The molecule has 69 heavy (non-hydrogen) atoms. The van der Waals surface area contributed by atoms with Crippen LogP contribution in [-0.2, 0) is 28.6 Å². The van der Waals surface area contributed by atoms with Crippen molar-refractivity contribution in [3.63, 3.8) is 0 Å². The van der Waals surface area contributed by atoms with Crippen LogP contribution in [0.15, 0.2) is 24.3 Å². The Morgan fingerprint density at radius 1 is 0.290 bits per heavy atom. The number of ether oxygens (including phenoxy) is 3. The van der Waals surface area contributed by atoms with Crippen LogP contribution >= 0.6 is 0 Å². The van der Waals surface area contributed by atoms with Gasteiger partial charge >= 0.3 is 17.9 Å². The van der Waals surface area contributed by atoms with E-state index in [0.29, 0.717) is 19.3 Å². The van der Waals surface area contributed by atoms with Crippen LogP contribution < -0.4 is 0 Å². The Morgan fingerprint density at radius 3 is 0.826 bits per heavy atom. The SMILES string of the molecule is CCCCC/C=C\C/C=C\CCCCCCCC(=O)OC[C@H](COC(=O)CCCCCCCCCCCCCCCCC)OC(=O)CCCCCCCCCCCCCCCCCCCCCCC. The summed E-state index contributed by atoms with van der Waals surface area (Å²) in [7, 11) is 0. The van der Waals surface area contributed by atoms with E-state index in [9.17, 15) is 14.4 Å². The van der Waals surface area contributed by atoms with Crippen LogP contribution in [0.1, 0.15) is 342 Å². The van der Waals surface area contributed by atoms with Gasteiger partial charge < -0.3 is 14.2 Å². The fraction of sp³-hybridized carbons (Fsp3) is 0.889. The summed E-state index contributed by atoms with van der Waals surface area (Å²) in [6.07, 6.45) is 68.9. The molecule has 0 heterocycles. The molecular formula is C63H118O6. The van der Waals surface area contributed by atoms with Crippen LogP contribution in [0.3, 0.4) is 0 Å². The maximum Gasteiger partial charge on any atom is 0.306 e. The summed E-state index contributed by atoms with van der Waals surface area (Å²) in [4.78, 5) is 38.2. The molecule has 6 nitrogen and oxygen atoms in total. The van der Waals surface area contributed by atoms with Gasteiger partial charge in [0, 0.05) is 19.3 Å². The quantitative estimate of drug-likeness (QED) is 0.0261. The van der Waals surface area contributed by atoms with Gasteiger partial charge in [-0.2, -0.15) is 0 Å². The summed E-state index contributed by atoms with van der Waals surface area (Å²) in [5.74, 6) is -0.859. The Bertz CT molecular complexity index is 1110. The average molecular weight is 972 g/mol. The number of hydrogen-bond donors (Lipinski definition) is 0. The van der Waals surface area contributed by atoms with Crippen molar-refractivity contribution >= 4 is 17.9 Å². The third-order valence-electron chi connectivity index (χ3n) is 14.0. The largest absolute Gasteiger partial charge is 0.462 e. The fourth-order valence-corrected chi connectivity index (χ4v) is 9.30. The first-order chi connectivity index (χ1) is 34.0. The monoisotopic (exact) mass is 971 g/mol. The zero-order valence-electron chi connectivity index (χ0n) is 46.6.